The standard InChI is InChI=1S/C16H19N3O/c1-11-7-8-13(9-11)18-16(20)14-10-17-19-15(14)12-5-3-2-4-6-12/h2-6,10-11,13H,7-9H2,1H3,(H,17,19)(H,18,20). The lowest BCUT2D eigenvalue weighted by molar-refractivity contribution is 0.0938. The van der Waals surface area contributed by atoms with Crippen molar-refractivity contribution >= 4 is 5.91 Å². The number of rotatable bonds is 3. The summed E-state index contributed by atoms with van der Waals surface area (Å²) in [5.74, 6) is 0.676. The first-order valence-electron chi connectivity index (χ1n) is 7.13. The summed E-state index contributed by atoms with van der Waals surface area (Å²) in [6.07, 6.45) is 4.95. The normalized spacial score (nSPS) is 21.9. The van der Waals surface area contributed by atoms with Gasteiger partial charge in [0, 0.05) is 11.6 Å². The Labute approximate surface area is 118 Å². The van der Waals surface area contributed by atoms with Gasteiger partial charge in [0.05, 0.1) is 17.5 Å². The molecule has 2 N–H and O–H groups in total. The molecule has 2 unspecified atom stereocenters. The lowest BCUT2D eigenvalue weighted by Gasteiger charge is -2.12. The number of nitrogens with zero attached hydrogens (tertiary/aromatic N) is 1. The molecule has 1 amide bonds. The van der Waals surface area contributed by atoms with Gasteiger partial charge >= 0.3 is 0 Å². The van der Waals surface area contributed by atoms with Crippen molar-refractivity contribution < 1.29 is 4.79 Å². The van der Waals surface area contributed by atoms with E-state index in [1.165, 1.54) is 6.42 Å². The molecule has 0 bridgehead atoms. The van der Waals surface area contributed by atoms with Crippen LogP contribution in [0.15, 0.2) is 36.5 Å². The summed E-state index contributed by atoms with van der Waals surface area (Å²) in [4.78, 5) is 12.4. The van der Waals surface area contributed by atoms with Crippen molar-refractivity contribution in [1.29, 1.82) is 0 Å². The summed E-state index contributed by atoms with van der Waals surface area (Å²) in [6.45, 7) is 2.24. The number of aromatic nitrogens is 2. The van der Waals surface area contributed by atoms with E-state index in [4.69, 9.17) is 0 Å². The van der Waals surface area contributed by atoms with Gasteiger partial charge in [-0.1, -0.05) is 37.3 Å². The van der Waals surface area contributed by atoms with E-state index in [1.807, 2.05) is 30.3 Å². The zero-order valence-electron chi connectivity index (χ0n) is 11.6. The summed E-state index contributed by atoms with van der Waals surface area (Å²) in [6, 6.07) is 10.1. The molecular formula is C16H19N3O. The van der Waals surface area contributed by atoms with Gasteiger partial charge in [0.1, 0.15) is 0 Å². The van der Waals surface area contributed by atoms with Gasteiger partial charge in [-0.25, -0.2) is 0 Å². The second kappa shape index (κ2) is 5.49. The number of amides is 1. The molecule has 2 atom stereocenters. The maximum atomic E-state index is 12.4. The number of benzene rings is 1. The molecular weight excluding hydrogens is 250 g/mol. The van der Waals surface area contributed by atoms with Crippen LogP contribution in [0.4, 0.5) is 0 Å². The Morgan fingerprint density at radius 3 is 2.80 bits per heavy atom. The van der Waals surface area contributed by atoms with Crippen LogP contribution in [0.3, 0.4) is 0 Å². The Kier molecular flexibility index (Phi) is 3.54. The maximum absolute atomic E-state index is 12.4. The van der Waals surface area contributed by atoms with Crippen LogP contribution in [0.5, 0.6) is 0 Å². The molecule has 1 heterocycles. The summed E-state index contributed by atoms with van der Waals surface area (Å²) in [5, 5.41) is 10.1. The van der Waals surface area contributed by atoms with E-state index in [0.717, 1.165) is 24.1 Å². The smallest absolute Gasteiger partial charge is 0.255 e. The maximum Gasteiger partial charge on any atom is 0.255 e. The number of hydrogen-bond acceptors (Lipinski definition) is 2. The molecule has 0 aliphatic heterocycles. The molecule has 20 heavy (non-hydrogen) atoms. The number of nitrogens with one attached hydrogen (secondary N) is 2. The van der Waals surface area contributed by atoms with Gasteiger partial charge in [0.25, 0.3) is 5.91 Å². The molecule has 0 radical (unpaired) electrons. The minimum Gasteiger partial charge on any atom is -0.349 e. The molecule has 0 saturated heterocycles. The zero-order valence-corrected chi connectivity index (χ0v) is 11.6. The first-order chi connectivity index (χ1) is 9.74. The Bertz CT molecular complexity index is 591. The highest BCUT2D eigenvalue weighted by atomic mass is 16.1. The lowest BCUT2D eigenvalue weighted by atomic mass is 10.1. The molecule has 2 aromatic rings. The highest BCUT2D eigenvalue weighted by molar-refractivity contribution is 5.99. The van der Waals surface area contributed by atoms with Gasteiger partial charge in [-0.2, -0.15) is 5.10 Å². The van der Waals surface area contributed by atoms with Crippen molar-refractivity contribution in [3.05, 3.63) is 42.1 Å². The van der Waals surface area contributed by atoms with Crippen LogP contribution in [-0.4, -0.2) is 22.1 Å². The van der Waals surface area contributed by atoms with Crippen molar-refractivity contribution in [3.63, 3.8) is 0 Å². The quantitative estimate of drug-likeness (QED) is 0.900. The predicted molar refractivity (Wildman–Crippen MR) is 78.3 cm³/mol. The van der Waals surface area contributed by atoms with Crippen molar-refractivity contribution in [2.45, 2.75) is 32.2 Å². The van der Waals surface area contributed by atoms with E-state index in [2.05, 4.69) is 22.4 Å². The number of hydrogen-bond donors (Lipinski definition) is 2. The number of carbonyl (C=O) groups excluding carboxylic acids is 1. The van der Waals surface area contributed by atoms with Crippen LogP contribution >= 0.6 is 0 Å². The molecule has 1 aromatic carbocycles. The number of H-pyrrole nitrogens is 1. The molecule has 3 rings (SSSR count). The Morgan fingerprint density at radius 1 is 1.30 bits per heavy atom. The second-order valence-electron chi connectivity index (χ2n) is 5.61. The molecule has 1 saturated carbocycles. The highest BCUT2D eigenvalue weighted by Crippen LogP contribution is 2.26. The first-order valence-corrected chi connectivity index (χ1v) is 7.13. The topological polar surface area (TPSA) is 57.8 Å². The van der Waals surface area contributed by atoms with Gasteiger partial charge in [-0.15, -0.1) is 0 Å². The van der Waals surface area contributed by atoms with Gasteiger partial charge in [0.15, 0.2) is 0 Å². The highest BCUT2D eigenvalue weighted by Gasteiger charge is 2.24. The summed E-state index contributed by atoms with van der Waals surface area (Å²) < 4.78 is 0. The zero-order chi connectivity index (χ0) is 13.9. The van der Waals surface area contributed by atoms with E-state index < -0.39 is 0 Å². The van der Waals surface area contributed by atoms with Crippen LogP contribution in [0.2, 0.25) is 0 Å². The van der Waals surface area contributed by atoms with Crippen molar-refractivity contribution in [3.8, 4) is 11.3 Å². The van der Waals surface area contributed by atoms with Crippen molar-refractivity contribution in [1.82, 2.24) is 15.5 Å². The molecule has 1 fully saturated rings. The van der Waals surface area contributed by atoms with Crippen LogP contribution in [0, 0.1) is 5.92 Å². The van der Waals surface area contributed by atoms with Gasteiger partial charge in [0.2, 0.25) is 0 Å². The average molecular weight is 269 g/mol. The summed E-state index contributed by atoms with van der Waals surface area (Å²) in [7, 11) is 0. The number of carbonyl (C=O) groups is 1. The third-order valence-electron chi connectivity index (χ3n) is 3.98. The summed E-state index contributed by atoms with van der Waals surface area (Å²) in [5.41, 5.74) is 2.39. The fourth-order valence-corrected chi connectivity index (χ4v) is 2.88. The van der Waals surface area contributed by atoms with Crippen LogP contribution in [0.25, 0.3) is 11.3 Å². The van der Waals surface area contributed by atoms with Crippen molar-refractivity contribution in [2.24, 2.45) is 5.92 Å². The van der Waals surface area contributed by atoms with Crippen LogP contribution in [-0.2, 0) is 0 Å². The van der Waals surface area contributed by atoms with E-state index >= 15 is 0 Å². The number of aromatic amines is 1. The van der Waals surface area contributed by atoms with E-state index in [1.54, 1.807) is 6.20 Å². The van der Waals surface area contributed by atoms with Gasteiger partial charge in [-0.3, -0.25) is 9.89 Å². The molecule has 0 spiro atoms. The molecule has 1 aromatic heterocycles. The van der Waals surface area contributed by atoms with E-state index in [0.29, 0.717) is 17.5 Å². The molecule has 4 heteroatoms. The average Bonchev–Trinajstić information content (AvgIpc) is 3.09. The first kappa shape index (κ1) is 12.9. The second-order valence-corrected chi connectivity index (χ2v) is 5.61. The minimum atomic E-state index is -0.0308. The Balaban J connectivity index is 1.78. The Morgan fingerprint density at radius 2 is 2.10 bits per heavy atom. The summed E-state index contributed by atoms with van der Waals surface area (Å²) >= 11 is 0. The molecule has 4 nitrogen and oxygen atoms in total. The van der Waals surface area contributed by atoms with Gasteiger partial charge in [-0.05, 0) is 25.2 Å². The van der Waals surface area contributed by atoms with Crippen LogP contribution in [0.1, 0.15) is 36.5 Å². The fraction of sp³-hybridized carbons (Fsp3) is 0.375. The third kappa shape index (κ3) is 2.59. The molecule has 104 valence electrons. The SMILES string of the molecule is CC1CCC(NC(=O)c2cn[nH]c2-c2ccccc2)C1. The van der Waals surface area contributed by atoms with E-state index in [9.17, 15) is 4.79 Å². The predicted octanol–water partition coefficient (Wildman–Crippen LogP) is 3.00. The fourth-order valence-electron chi connectivity index (χ4n) is 2.88. The monoisotopic (exact) mass is 269 g/mol. The lowest BCUT2D eigenvalue weighted by Crippen LogP contribution is -2.32. The van der Waals surface area contributed by atoms with Crippen molar-refractivity contribution in [2.75, 3.05) is 0 Å². The Hall–Kier alpha value is -2.10. The van der Waals surface area contributed by atoms with Gasteiger partial charge < -0.3 is 5.32 Å². The minimum absolute atomic E-state index is 0.0308. The molecule has 1 aliphatic rings. The van der Waals surface area contributed by atoms with Crippen LogP contribution < -0.4 is 5.32 Å². The largest absolute Gasteiger partial charge is 0.349 e. The third-order valence-corrected chi connectivity index (χ3v) is 3.98. The van der Waals surface area contributed by atoms with E-state index in [-0.39, 0.29) is 5.91 Å². The molecule has 1 aliphatic carbocycles.